The highest BCUT2D eigenvalue weighted by atomic mass is 35.5. The van der Waals surface area contributed by atoms with E-state index in [1.807, 2.05) is 56.0 Å². The summed E-state index contributed by atoms with van der Waals surface area (Å²) in [6, 6.07) is 16.4. The van der Waals surface area contributed by atoms with Gasteiger partial charge in [0.25, 0.3) is 11.8 Å². The van der Waals surface area contributed by atoms with Gasteiger partial charge in [-0.3, -0.25) is 14.5 Å². The molecule has 1 heterocycles. The Hall–Kier alpha value is -2.59. The van der Waals surface area contributed by atoms with Crippen LogP contribution in [0.5, 0.6) is 0 Å². The summed E-state index contributed by atoms with van der Waals surface area (Å²) in [5.74, 6) is -0.530. The first-order chi connectivity index (χ1) is 12.5. The largest absolute Gasteiger partial charge is 0.337 e. The highest BCUT2D eigenvalue weighted by Gasteiger charge is 2.42. The van der Waals surface area contributed by atoms with Crippen molar-refractivity contribution in [1.82, 2.24) is 4.90 Å². The SMILES string of the molecule is CCN(C1=C(c2ccc(Cl)cc2)C(=O)N(C(C)C)C1=O)c1ccccc1. The lowest BCUT2D eigenvalue weighted by molar-refractivity contribution is -0.138. The van der Waals surface area contributed by atoms with Crippen molar-refractivity contribution in [3.8, 4) is 0 Å². The Labute approximate surface area is 158 Å². The van der Waals surface area contributed by atoms with Crippen LogP contribution in [-0.2, 0) is 9.59 Å². The van der Waals surface area contributed by atoms with Gasteiger partial charge >= 0.3 is 0 Å². The van der Waals surface area contributed by atoms with Crippen molar-refractivity contribution in [3.05, 3.63) is 70.9 Å². The zero-order valence-corrected chi connectivity index (χ0v) is 15.8. The van der Waals surface area contributed by atoms with Crippen molar-refractivity contribution >= 4 is 34.7 Å². The maximum Gasteiger partial charge on any atom is 0.278 e. The lowest BCUT2D eigenvalue weighted by Gasteiger charge is -2.25. The first-order valence-corrected chi connectivity index (χ1v) is 9.04. The molecule has 134 valence electrons. The topological polar surface area (TPSA) is 40.6 Å². The normalized spacial score (nSPS) is 14.6. The quantitative estimate of drug-likeness (QED) is 0.736. The maximum atomic E-state index is 13.2. The summed E-state index contributed by atoms with van der Waals surface area (Å²) in [6.45, 7) is 6.23. The minimum atomic E-state index is -0.267. The van der Waals surface area contributed by atoms with Gasteiger partial charge in [-0.05, 0) is 50.6 Å². The fraction of sp³-hybridized carbons (Fsp3) is 0.238. The first-order valence-electron chi connectivity index (χ1n) is 8.66. The number of likely N-dealkylation sites (N-methyl/N-ethyl adjacent to an activating group) is 1. The van der Waals surface area contributed by atoms with Crippen molar-refractivity contribution < 1.29 is 9.59 Å². The van der Waals surface area contributed by atoms with Crippen LogP contribution >= 0.6 is 11.6 Å². The number of halogens is 1. The Morgan fingerprint density at radius 1 is 0.962 bits per heavy atom. The van der Waals surface area contributed by atoms with Crippen LogP contribution in [0, 0.1) is 0 Å². The van der Waals surface area contributed by atoms with E-state index in [4.69, 9.17) is 11.6 Å². The van der Waals surface area contributed by atoms with Crippen LogP contribution in [-0.4, -0.2) is 29.3 Å². The maximum absolute atomic E-state index is 13.2. The van der Waals surface area contributed by atoms with Crippen LogP contribution in [0.15, 0.2) is 60.3 Å². The Bertz CT molecular complexity index is 857. The van der Waals surface area contributed by atoms with Gasteiger partial charge in [0.2, 0.25) is 0 Å². The standard InChI is InChI=1S/C21H21ClN2O2/c1-4-23(17-8-6-5-7-9-17)19-18(15-10-12-16(22)13-11-15)20(25)24(14(2)3)21(19)26/h5-14H,4H2,1-3H3. The van der Waals surface area contributed by atoms with Gasteiger partial charge < -0.3 is 4.90 Å². The number of amides is 2. The average Bonchev–Trinajstić information content (AvgIpc) is 2.88. The van der Waals surface area contributed by atoms with Gasteiger partial charge in [0.1, 0.15) is 5.70 Å². The Kier molecular flexibility index (Phi) is 5.14. The molecule has 3 rings (SSSR count). The van der Waals surface area contributed by atoms with E-state index in [1.165, 1.54) is 4.90 Å². The third kappa shape index (κ3) is 3.13. The third-order valence-electron chi connectivity index (χ3n) is 4.39. The van der Waals surface area contributed by atoms with Crippen molar-refractivity contribution in [1.29, 1.82) is 0 Å². The summed E-state index contributed by atoms with van der Waals surface area (Å²) in [7, 11) is 0. The highest BCUT2D eigenvalue weighted by Crippen LogP contribution is 2.35. The molecule has 4 nitrogen and oxygen atoms in total. The summed E-state index contributed by atoms with van der Waals surface area (Å²) in [5.41, 5.74) is 2.41. The number of carbonyl (C=O) groups excluding carboxylic acids is 2. The molecule has 0 aliphatic carbocycles. The number of para-hydroxylation sites is 1. The molecule has 26 heavy (non-hydrogen) atoms. The van der Waals surface area contributed by atoms with Crippen molar-refractivity contribution in [2.75, 3.05) is 11.4 Å². The molecular formula is C21H21ClN2O2. The molecule has 1 aliphatic heterocycles. The number of hydrogen-bond acceptors (Lipinski definition) is 3. The van der Waals surface area contributed by atoms with Crippen LogP contribution in [0.25, 0.3) is 5.57 Å². The molecule has 0 unspecified atom stereocenters. The van der Waals surface area contributed by atoms with E-state index in [2.05, 4.69) is 0 Å². The fourth-order valence-electron chi connectivity index (χ4n) is 3.21. The van der Waals surface area contributed by atoms with E-state index in [0.717, 1.165) is 5.69 Å². The number of benzene rings is 2. The Morgan fingerprint density at radius 3 is 2.12 bits per heavy atom. The molecule has 0 fully saturated rings. The number of anilines is 1. The molecular weight excluding hydrogens is 348 g/mol. The van der Waals surface area contributed by atoms with Gasteiger partial charge in [-0.2, -0.15) is 0 Å². The monoisotopic (exact) mass is 368 g/mol. The summed E-state index contributed by atoms with van der Waals surface area (Å²) in [6.07, 6.45) is 0. The molecule has 1 aliphatic rings. The molecule has 0 radical (unpaired) electrons. The van der Waals surface area contributed by atoms with E-state index in [9.17, 15) is 9.59 Å². The first kappa shape index (κ1) is 18.2. The Morgan fingerprint density at radius 2 is 1.58 bits per heavy atom. The number of hydrogen-bond donors (Lipinski definition) is 0. The van der Waals surface area contributed by atoms with Crippen molar-refractivity contribution in [2.45, 2.75) is 26.8 Å². The zero-order chi connectivity index (χ0) is 18.8. The van der Waals surface area contributed by atoms with Crippen LogP contribution in [0.4, 0.5) is 5.69 Å². The van der Waals surface area contributed by atoms with Crippen LogP contribution in [0.2, 0.25) is 5.02 Å². The van der Waals surface area contributed by atoms with Crippen molar-refractivity contribution in [3.63, 3.8) is 0 Å². The number of rotatable bonds is 5. The van der Waals surface area contributed by atoms with Gasteiger partial charge in [-0.1, -0.05) is 41.9 Å². The molecule has 0 saturated heterocycles. The lowest BCUT2D eigenvalue weighted by Crippen LogP contribution is -2.39. The predicted octanol–water partition coefficient (Wildman–Crippen LogP) is 4.35. The number of carbonyl (C=O) groups is 2. The molecule has 0 bridgehead atoms. The van der Waals surface area contributed by atoms with E-state index >= 15 is 0 Å². The van der Waals surface area contributed by atoms with Gasteiger partial charge in [-0.25, -0.2) is 0 Å². The molecule has 5 heteroatoms. The second-order valence-corrected chi connectivity index (χ2v) is 6.82. The van der Waals surface area contributed by atoms with Gasteiger partial charge in [-0.15, -0.1) is 0 Å². The van der Waals surface area contributed by atoms with Gasteiger partial charge in [0.15, 0.2) is 0 Å². The summed E-state index contributed by atoms with van der Waals surface area (Å²) >= 11 is 6.00. The molecule has 2 aromatic carbocycles. The second-order valence-electron chi connectivity index (χ2n) is 6.38. The van der Waals surface area contributed by atoms with Gasteiger partial charge in [0, 0.05) is 23.3 Å². The van der Waals surface area contributed by atoms with Crippen LogP contribution in [0.1, 0.15) is 26.3 Å². The smallest absolute Gasteiger partial charge is 0.278 e. The zero-order valence-electron chi connectivity index (χ0n) is 15.1. The second kappa shape index (κ2) is 7.34. The van der Waals surface area contributed by atoms with E-state index in [0.29, 0.717) is 28.4 Å². The summed E-state index contributed by atoms with van der Waals surface area (Å²) < 4.78 is 0. The minimum absolute atomic E-state index is 0.218. The van der Waals surface area contributed by atoms with Gasteiger partial charge in [0.05, 0.1) is 5.57 Å². The molecule has 2 amide bonds. The Balaban J connectivity index is 2.21. The summed E-state index contributed by atoms with van der Waals surface area (Å²) in [5, 5.41) is 0.587. The lowest BCUT2D eigenvalue weighted by atomic mass is 10.0. The molecule has 0 spiro atoms. The molecule has 2 aromatic rings. The molecule has 0 N–H and O–H groups in total. The molecule has 0 atom stereocenters. The van der Waals surface area contributed by atoms with Crippen LogP contribution < -0.4 is 4.90 Å². The number of imide groups is 1. The van der Waals surface area contributed by atoms with E-state index < -0.39 is 0 Å². The summed E-state index contributed by atoms with van der Waals surface area (Å²) in [4.78, 5) is 29.5. The van der Waals surface area contributed by atoms with Crippen LogP contribution in [0.3, 0.4) is 0 Å². The molecule has 0 saturated carbocycles. The van der Waals surface area contributed by atoms with E-state index in [-0.39, 0.29) is 17.9 Å². The fourth-order valence-corrected chi connectivity index (χ4v) is 3.33. The van der Waals surface area contributed by atoms with Crippen molar-refractivity contribution in [2.24, 2.45) is 0 Å². The third-order valence-corrected chi connectivity index (χ3v) is 4.65. The van der Waals surface area contributed by atoms with E-state index in [1.54, 1.807) is 24.3 Å². The minimum Gasteiger partial charge on any atom is -0.337 e. The number of nitrogens with zero attached hydrogens (tertiary/aromatic N) is 2. The predicted molar refractivity (Wildman–Crippen MR) is 105 cm³/mol. The molecule has 0 aromatic heterocycles. The average molecular weight is 369 g/mol. The highest BCUT2D eigenvalue weighted by molar-refractivity contribution is 6.37.